The van der Waals surface area contributed by atoms with Gasteiger partial charge in [0.1, 0.15) is 23.3 Å². The quantitative estimate of drug-likeness (QED) is 0.250. The number of hydrogen-bond donors (Lipinski definition) is 0. The fourth-order valence-corrected chi connectivity index (χ4v) is 7.41. The Hall–Kier alpha value is -2.39. The molecule has 2 heterocycles. The van der Waals surface area contributed by atoms with E-state index in [0.29, 0.717) is 38.7 Å². The fraction of sp³-hybridized carbons (Fsp3) is 0.296. The van der Waals surface area contributed by atoms with Crippen molar-refractivity contribution in [3.05, 3.63) is 79.6 Å². The molecule has 0 bridgehead atoms. The summed E-state index contributed by atoms with van der Waals surface area (Å²) in [6.45, 7) is 6.20. The van der Waals surface area contributed by atoms with E-state index in [0.717, 1.165) is 18.5 Å². The van der Waals surface area contributed by atoms with Gasteiger partial charge in [-0.15, -0.1) is 0 Å². The number of benzene rings is 2. The second-order valence-electron chi connectivity index (χ2n) is 8.16. The second-order valence-corrected chi connectivity index (χ2v) is 11.5. The lowest BCUT2D eigenvalue weighted by Gasteiger charge is -2.26. The number of carbonyl (C=O) groups is 1. The van der Waals surface area contributed by atoms with Crippen LogP contribution in [-0.2, 0) is 9.53 Å². The molecule has 0 spiro atoms. The summed E-state index contributed by atoms with van der Waals surface area (Å²) in [5.74, 6) is 1.37. The zero-order valence-corrected chi connectivity index (χ0v) is 26.6. The van der Waals surface area contributed by atoms with E-state index in [-0.39, 0.29) is 17.7 Å². The first-order valence-electron chi connectivity index (χ1n) is 11.8. The maximum absolute atomic E-state index is 13.9. The summed E-state index contributed by atoms with van der Waals surface area (Å²) in [4.78, 5) is 32.2. The van der Waals surface area contributed by atoms with Crippen molar-refractivity contribution in [1.82, 2.24) is 4.57 Å². The predicted octanol–water partition coefficient (Wildman–Crippen LogP) is 4.42. The number of carbonyl (C=O) groups excluding carboxylic acids is 1. The number of aromatic nitrogens is 1. The molecule has 38 heavy (non-hydrogen) atoms. The smallest absolute Gasteiger partial charge is 0.338 e. The zero-order valence-electron chi connectivity index (χ0n) is 21.5. The highest BCUT2D eigenvalue weighted by molar-refractivity contribution is 14.1. The predicted molar refractivity (Wildman–Crippen MR) is 163 cm³/mol. The highest BCUT2D eigenvalue weighted by Crippen LogP contribution is 2.38. The average Bonchev–Trinajstić information content (AvgIpc) is 3.19. The SMILES string of the molecule is CCOC(=O)C1=C(C)N=c2s/c(=C\c3cc(I)c(OCC)c(I)c3)c(=O)n2[C@@H]1c1cc(OC)ccc1OC. The lowest BCUT2D eigenvalue weighted by atomic mass is 9.94. The summed E-state index contributed by atoms with van der Waals surface area (Å²) in [5.41, 5.74) is 1.96. The monoisotopic (exact) mass is 760 g/mol. The first-order valence-corrected chi connectivity index (χ1v) is 14.7. The molecule has 0 amide bonds. The second kappa shape index (κ2) is 12.2. The summed E-state index contributed by atoms with van der Waals surface area (Å²) < 4.78 is 26.2. The molecule has 0 aliphatic carbocycles. The Bertz CT molecular complexity index is 1590. The number of rotatable bonds is 8. The van der Waals surface area contributed by atoms with E-state index in [9.17, 15) is 9.59 Å². The largest absolute Gasteiger partial charge is 0.497 e. The molecule has 8 nitrogen and oxygen atoms in total. The van der Waals surface area contributed by atoms with Gasteiger partial charge in [-0.3, -0.25) is 9.36 Å². The first kappa shape index (κ1) is 28.6. The summed E-state index contributed by atoms with van der Waals surface area (Å²) in [5, 5.41) is 0. The molecule has 1 aromatic heterocycles. The van der Waals surface area contributed by atoms with Crippen LogP contribution in [0.15, 0.2) is 51.4 Å². The minimum absolute atomic E-state index is 0.191. The first-order chi connectivity index (χ1) is 18.2. The van der Waals surface area contributed by atoms with Crippen molar-refractivity contribution in [3.8, 4) is 17.2 Å². The molecule has 11 heteroatoms. The molecule has 0 saturated heterocycles. The molecule has 0 fully saturated rings. The van der Waals surface area contributed by atoms with Crippen LogP contribution in [0, 0.1) is 7.14 Å². The molecule has 0 saturated carbocycles. The number of ether oxygens (including phenoxy) is 4. The van der Waals surface area contributed by atoms with Crippen molar-refractivity contribution < 1.29 is 23.7 Å². The highest BCUT2D eigenvalue weighted by Gasteiger charge is 2.35. The van der Waals surface area contributed by atoms with Gasteiger partial charge in [0.2, 0.25) is 0 Å². The normalized spacial score (nSPS) is 15.1. The van der Waals surface area contributed by atoms with E-state index < -0.39 is 12.0 Å². The van der Waals surface area contributed by atoms with Crippen molar-refractivity contribution in [2.24, 2.45) is 4.99 Å². The third kappa shape index (κ3) is 5.50. The molecular weight excluding hydrogens is 734 g/mol. The molecule has 1 atom stereocenters. The van der Waals surface area contributed by atoms with Crippen LogP contribution in [0.1, 0.15) is 37.9 Å². The highest BCUT2D eigenvalue weighted by atomic mass is 127. The summed E-state index contributed by atoms with van der Waals surface area (Å²) in [6, 6.07) is 8.44. The number of halogens is 2. The maximum atomic E-state index is 13.9. The van der Waals surface area contributed by atoms with Crippen molar-refractivity contribution in [3.63, 3.8) is 0 Å². The molecule has 3 aromatic rings. The van der Waals surface area contributed by atoms with Crippen LogP contribution in [0.2, 0.25) is 0 Å². The van der Waals surface area contributed by atoms with Crippen LogP contribution in [0.3, 0.4) is 0 Å². The van der Waals surface area contributed by atoms with Gasteiger partial charge in [0.05, 0.1) is 50.4 Å². The number of fused-ring (bicyclic) bond motifs is 1. The Balaban J connectivity index is 1.98. The van der Waals surface area contributed by atoms with E-state index in [1.807, 2.05) is 25.1 Å². The summed E-state index contributed by atoms with van der Waals surface area (Å²) in [7, 11) is 3.11. The van der Waals surface area contributed by atoms with Gasteiger partial charge in [-0.05, 0) is 108 Å². The Kier molecular flexibility index (Phi) is 9.19. The molecular formula is C27H26I2N2O6S. The van der Waals surface area contributed by atoms with Gasteiger partial charge in [0.15, 0.2) is 4.80 Å². The van der Waals surface area contributed by atoms with Crippen LogP contribution in [0.5, 0.6) is 17.2 Å². The molecule has 0 unspecified atom stereocenters. The fourth-order valence-electron chi connectivity index (χ4n) is 4.24. The van der Waals surface area contributed by atoms with Crippen LogP contribution in [0.25, 0.3) is 6.08 Å². The molecule has 1 aliphatic rings. The van der Waals surface area contributed by atoms with Crippen molar-refractivity contribution in [1.29, 1.82) is 0 Å². The molecule has 1 aliphatic heterocycles. The van der Waals surface area contributed by atoms with Gasteiger partial charge in [0.25, 0.3) is 5.56 Å². The van der Waals surface area contributed by atoms with Crippen molar-refractivity contribution >= 4 is 68.6 Å². The number of allylic oxidation sites excluding steroid dienone is 1. The molecule has 200 valence electrons. The van der Waals surface area contributed by atoms with Crippen molar-refractivity contribution in [2.75, 3.05) is 27.4 Å². The van der Waals surface area contributed by atoms with Crippen LogP contribution >= 0.6 is 56.5 Å². The summed E-state index contributed by atoms with van der Waals surface area (Å²) >= 11 is 5.74. The zero-order chi connectivity index (χ0) is 27.6. The number of thiazole rings is 1. The minimum Gasteiger partial charge on any atom is -0.497 e. The lowest BCUT2D eigenvalue weighted by Crippen LogP contribution is -2.40. The number of methoxy groups -OCH3 is 2. The van der Waals surface area contributed by atoms with E-state index in [1.165, 1.54) is 15.9 Å². The van der Waals surface area contributed by atoms with Crippen LogP contribution in [-0.4, -0.2) is 38.0 Å². The molecule has 0 N–H and O–H groups in total. The average molecular weight is 760 g/mol. The Morgan fingerprint density at radius 1 is 1.11 bits per heavy atom. The van der Waals surface area contributed by atoms with Gasteiger partial charge in [-0.1, -0.05) is 11.3 Å². The Morgan fingerprint density at radius 3 is 2.42 bits per heavy atom. The van der Waals surface area contributed by atoms with Gasteiger partial charge < -0.3 is 18.9 Å². The van der Waals surface area contributed by atoms with E-state index in [4.69, 9.17) is 18.9 Å². The topological polar surface area (TPSA) is 88.4 Å². The van der Waals surface area contributed by atoms with Crippen LogP contribution < -0.4 is 29.1 Å². The van der Waals surface area contributed by atoms with E-state index in [2.05, 4.69) is 50.2 Å². The number of nitrogens with zero attached hydrogens (tertiary/aromatic N) is 2. The Labute approximate surface area is 251 Å². The third-order valence-corrected chi connectivity index (χ3v) is 8.44. The standard InChI is InChI=1S/C27H26I2N2O6S/c1-6-36-24-18(28)10-15(11-19(24)29)12-21-25(32)31-23(17-13-16(34-4)8-9-20(17)35-5)22(26(33)37-7-2)14(3)30-27(31)38-21/h8-13,23H,6-7H2,1-5H3/b21-12-/t23-/m1/s1. The van der Waals surface area contributed by atoms with Gasteiger partial charge in [-0.25, -0.2) is 9.79 Å². The lowest BCUT2D eigenvalue weighted by molar-refractivity contribution is -0.139. The van der Waals surface area contributed by atoms with Gasteiger partial charge in [-0.2, -0.15) is 0 Å². The molecule has 4 rings (SSSR count). The minimum atomic E-state index is -0.807. The van der Waals surface area contributed by atoms with Crippen molar-refractivity contribution in [2.45, 2.75) is 26.8 Å². The summed E-state index contributed by atoms with van der Waals surface area (Å²) in [6.07, 6.45) is 1.84. The third-order valence-electron chi connectivity index (χ3n) is 5.86. The molecule has 2 aromatic carbocycles. The maximum Gasteiger partial charge on any atom is 0.338 e. The van der Waals surface area contributed by atoms with E-state index >= 15 is 0 Å². The Morgan fingerprint density at radius 2 is 1.82 bits per heavy atom. The number of esters is 1. The van der Waals surface area contributed by atoms with E-state index in [1.54, 1.807) is 46.3 Å². The molecule has 0 radical (unpaired) electrons. The van der Waals surface area contributed by atoms with Gasteiger partial charge in [0, 0.05) is 5.56 Å². The van der Waals surface area contributed by atoms with Crippen LogP contribution in [0.4, 0.5) is 0 Å². The van der Waals surface area contributed by atoms with Gasteiger partial charge >= 0.3 is 5.97 Å². The number of hydrogen-bond acceptors (Lipinski definition) is 8.